The Bertz CT molecular complexity index is 579. The molecule has 0 N–H and O–H groups in total. The Balaban J connectivity index is 3.41. The van der Waals surface area contributed by atoms with Crippen LogP contribution in [-0.4, -0.2) is 27.8 Å². The molecule has 0 spiro atoms. The van der Waals surface area contributed by atoms with Crippen molar-refractivity contribution < 1.29 is 17.9 Å². The minimum absolute atomic E-state index is 0.199. The van der Waals surface area contributed by atoms with Crippen LogP contribution < -0.4 is 0 Å². The lowest BCUT2D eigenvalue weighted by atomic mass is 10.1. The number of methoxy groups -OCH3 is 1. The number of esters is 1. The van der Waals surface area contributed by atoms with Crippen LogP contribution in [0.1, 0.15) is 35.7 Å². The average Bonchev–Trinajstić information content (AvgIpc) is 2.33. The van der Waals surface area contributed by atoms with Crippen LogP contribution in [0, 0.1) is 0 Å². The number of benzene rings is 1. The number of rotatable bonds is 5. The van der Waals surface area contributed by atoms with E-state index in [-0.39, 0.29) is 10.5 Å². The standard InChI is InChI=1S/C13H17BrO4S/c1-4-5-6-9-7-11(14)10(13(15)18-2)8-12(9)19(3,16)17/h7-8H,4-6H2,1-3H3. The largest absolute Gasteiger partial charge is 0.465 e. The Kier molecular flexibility index (Phi) is 5.55. The predicted molar refractivity (Wildman–Crippen MR) is 77.2 cm³/mol. The van der Waals surface area contributed by atoms with Crippen molar-refractivity contribution in [3.8, 4) is 0 Å². The van der Waals surface area contributed by atoms with Crippen LogP contribution in [0.3, 0.4) is 0 Å². The second kappa shape index (κ2) is 6.52. The first-order valence-corrected chi connectivity index (χ1v) is 8.60. The zero-order chi connectivity index (χ0) is 14.6. The zero-order valence-corrected chi connectivity index (χ0v) is 13.6. The Hall–Kier alpha value is -0.880. The number of hydrogen-bond donors (Lipinski definition) is 0. The molecule has 0 saturated carbocycles. The van der Waals surface area contributed by atoms with Gasteiger partial charge in [0, 0.05) is 10.7 Å². The molecule has 0 unspecified atom stereocenters. The van der Waals surface area contributed by atoms with Crippen LogP contribution in [-0.2, 0) is 21.0 Å². The summed E-state index contributed by atoms with van der Waals surface area (Å²) in [6.07, 6.45) is 3.68. The number of carbonyl (C=O) groups excluding carboxylic acids is 1. The van der Waals surface area contributed by atoms with E-state index in [0.717, 1.165) is 24.7 Å². The minimum Gasteiger partial charge on any atom is -0.465 e. The van der Waals surface area contributed by atoms with E-state index in [4.69, 9.17) is 0 Å². The number of hydrogen-bond acceptors (Lipinski definition) is 4. The van der Waals surface area contributed by atoms with Crippen molar-refractivity contribution in [2.24, 2.45) is 0 Å². The predicted octanol–water partition coefficient (Wildman–Crippen LogP) is 2.98. The van der Waals surface area contributed by atoms with Crippen LogP contribution in [0.15, 0.2) is 21.5 Å². The number of sulfone groups is 1. The van der Waals surface area contributed by atoms with E-state index in [9.17, 15) is 13.2 Å². The maximum absolute atomic E-state index is 11.8. The normalized spacial score (nSPS) is 11.4. The summed E-state index contributed by atoms with van der Waals surface area (Å²) in [6, 6.07) is 3.08. The molecule has 6 heteroatoms. The monoisotopic (exact) mass is 348 g/mol. The first-order chi connectivity index (χ1) is 8.81. The average molecular weight is 349 g/mol. The number of halogens is 1. The number of carbonyl (C=O) groups is 1. The molecule has 0 aromatic heterocycles. The highest BCUT2D eigenvalue weighted by atomic mass is 79.9. The Morgan fingerprint density at radius 1 is 1.37 bits per heavy atom. The van der Waals surface area contributed by atoms with Gasteiger partial charge >= 0.3 is 5.97 Å². The highest BCUT2D eigenvalue weighted by Crippen LogP contribution is 2.27. The molecular formula is C13H17BrO4S. The Labute approximate surface area is 122 Å². The van der Waals surface area contributed by atoms with Crippen molar-refractivity contribution in [3.63, 3.8) is 0 Å². The topological polar surface area (TPSA) is 60.4 Å². The lowest BCUT2D eigenvalue weighted by molar-refractivity contribution is 0.0599. The third-order valence-electron chi connectivity index (χ3n) is 2.75. The summed E-state index contributed by atoms with van der Waals surface area (Å²) >= 11 is 3.29. The second-order valence-corrected chi connectivity index (χ2v) is 7.15. The van der Waals surface area contributed by atoms with E-state index in [1.54, 1.807) is 6.07 Å². The summed E-state index contributed by atoms with van der Waals surface area (Å²) in [7, 11) is -2.11. The molecule has 4 nitrogen and oxygen atoms in total. The fourth-order valence-corrected chi connectivity index (χ4v) is 3.29. The Morgan fingerprint density at radius 3 is 2.47 bits per heavy atom. The fraction of sp³-hybridized carbons (Fsp3) is 0.462. The van der Waals surface area contributed by atoms with Crippen LogP contribution in [0.5, 0.6) is 0 Å². The third-order valence-corrected chi connectivity index (χ3v) is 4.59. The number of aryl methyl sites for hydroxylation is 1. The molecule has 0 aliphatic heterocycles. The van der Waals surface area contributed by atoms with Crippen molar-refractivity contribution in [2.75, 3.05) is 13.4 Å². The molecular weight excluding hydrogens is 332 g/mol. The summed E-state index contributed by atoms with van der Waals surface area (Å²) in [5.41, 5.74) is 0.951. The zero-order valence-electron chi connectivity index (χ0n) is 11.2. The van der Waals surface area contributed by atoms with Crippen molar-refractivity contribution in [1.82, 2.24) is 0 Å². The van der Waals surface area contributed by atoms with E-state index in [2.05, 4.69) is 20.7 Å². The van der Waals surface area contributed by atoms with Gasteiger partial charge in [0.05, 0.1) is 17.6 Å². The smallest absolute Gasteiger partial charge is 0.339 e. The summed E-state index contributed by atoms with van der Waals surface area (Å²) in [5.74, 6) is -0.557. The van der Waals surface area contributed by atoms with E-state index in [1.165, 1.54) is 13.2 Å². The van der Waals surface area contributed by atoms with Gasteiger partial charge in [-0.1, -0.05) is 13.3 Å². The maximum atomic E-state index is 11.8. The molecule has 0 radical (unpaired) electrons. The van der Waals surface area contributed by atoms with Gasteiger partial charge in [-0.2, -0.15) is 0 Å². The molecule has 0 aliphatic carbocycles. The molecule has 0 saturated heterocycles. The maximum Gasteiger partial charge on any atom is 0.339 e. The van der Waals surface area contributed by atoms with Crippen molar-refractivity contribution in [1.29, 1.82) is 0 Å². The summed E-state index contributed by atoms with van der Waals surface area (Å²) in [5, 5.41) is 0. The summed E-state index contributed by atoms with van der Waals surface area (Å²) in [4.78, 5) is 11.8. The first kappa shape index (κ1) is 16.2. The van der Waals surface area contributed by atoms with E-state index >= 15 is 0 Å². The fourth-order valence-electron chi connectivity index (χ4n) is 1.77. The van der Waals surface area contributed by atoms with Gasteiger partial charge in [-0.25, -0.2) is 13.2 Å². The minimum atomic E-state index is -3.37. The molecule has 0 bridgehead atoms. The lowest BCUT2D eigenvalue weighted by Crippen LogP contribution is -2.09. The van der Waals surface area contributed by atoms with Gasteiger partial charge in [-0.15, -0.1) is 0 Å². The number of ether oxygens (including phenoxy) is 1. The molecule has 1 aromatic rings. The van der Waals surface area contributed by atoms with Gasteiger partial charge in [0.1, 0.15) is 0 Å². The first-order valence-electron chi connectivity index (χ1n) is 5.92. The van der Waals surface area contributed by atoms with Crippen molar-refractivity contribution in [2.45, 2.75) is 31.1 Å². The second-order valence-electron chi connectivity index (χ2n) is 4.31. The molecule has 1 rings (SSSR count). The van der Waals surface area contributed by atoms with Gasteiger partial charge in [0.2, 0.25) is 0 Å². The van der Waals surface area contributed by atoms with E-state index < -0.39 is 15.8 Å². The van der Waals surface area contributed by atoms with E-state index in [1.807, 2.05) is 6.92 Å². The molecule has 0 heterocycles. The van der Waals surface area contributed by atoms with Gasteiger partial charge < -0.3 is 4.74 Å². The lowest BCUT2D eigenvalue weighted by Gasteiger charge is -2.11. The molecule has 0 amide bonds. The number of unbranched alkanes of at least 4 members (excludes halogenated alkanes) is 1. The highest BCUT2D eigenvalue weighted by molar-refractivity contribution is 9.10. The van der Waals surface area contributed by atoms with Gasteiger partial charge in [-0.3, -0.25) is 0 Å². The van der Waals surface area contributed by atoms with Crippen molar-refractivity contribution in [3.05, 3.63) is 27.7 Å². The van der Waals surface area contributed by atoms with Crippen LogP contribution in [0.4, 0.5) is 0 Å². The summed E-state index contributed by atoms with van der Waals surface area (Å²) in [6.45, 7) is 2.04. The molecule has 106 valence electrons. The molecule has 1 aromatic carbocycles. The molecule has 0 fully saturated rings. The van der Waals surface area contributed by atoms with Crippen LogP contribution in [0.2, 0.25) is 0 Å². The molecule has 0 aliphatic rings. The highest BCUT2D eigenvalue weighted by Gasteiger charge is 2.19. The molecule has 0 atom stereocenters. The van der Waals surface area contributed by atoms with Gasteiger partial charge in [0.25, 0.3) is 0 Å². The quantitative estimate of drug-likeness (QED) is 0.767. The molecule has 19 heavy (non-hydrogen) atoms. The van der Waals surface area contributed by atoms with Crippen molar-refractivity contribution >= 4 is 31.7 Å². The third kappa shape index (κ3) is 4.04. The van der Waals surface area contributed by atoms with Crippen LogP contribution in [0.25, 0.3) is 0 Å². The van der Waals surface area contributed by atoms with Gasteiger partial charge in [0.15, 0.2) is 9.84 Å². The van der Waals surface area contributed by atoms with Crippen LogP contribution >= 0.6 is 15.9 Å². The SMILES string of the molecule is CCCCc1cc(Br)c(C(=O)OC)cc1S(C)(=O)=O. The Morgan fingerprint density at radius 2 is 2.00 bits per heavy atom. The summed E-state index contributed by atoms with van der Waals surface area (Å²) < 4.78 is 28.8. The van der Waals surface area contributed by atoms with E-state index in [0.29, 0.717) is 10.9 Å². The van der Waals surface area contributed by atoms with Gasteiger partial charge in [-0.05, 0) is 46.5 Å².